The average Bonchev–Trinajstić information content (AvgIpc) is 2.70. The molecule has 0 radical (unpaired) electrons. The van der Waals surface area contributed by atoms with Crippen molar-refractivity contribution in [3.05, 3.63) is 58.9 Å². The van der Waals surface area contributed by atoms with Gasteiger partial charge in [-0.2, -0.15) is 0 Å². The van der Waals surface area contributed by atoms with E-state index in [1.54, 1.807) is 0 Å². The molecule has 1 unspecified atom stereocenters. The van der Waals surface area contributed by atoms with E-state index in [1.165, 1.54) is 0 Å². The van der Waals surface area contributed by atoms with Gasteiger partial charge in [0.1, 0.15) is 0 Å². The quantitative estimate of drug-likeness (QED) is 0.545. The first-order valence-corrected chi connectivity index (χ1v) is 9.92. The number of rotatable bonds is 9. The summed E-state index contributed by atoms with van der Waals surface area (Å²) in [5.74, 6) is -5.27. The van der Waals surface area contributed by atoms with Crippen LogP contribution >= 0.6 is 0 Å². The minimum Gasteiger partial charge on any atom is -0.321 e. The predicted molar refractivity (Wildman–Crippen MR) is 110 cm³/mol. The van der Waals surface area contributed by atoms with Gasteiger partial charge in [0.05, 0.1) is 12.2 Å². The van der Waals surface area contributed by atoms with Gasteiger partial charge >= 0.3 is 0 Å². The molecule has 0 heterocycles. The molecule has 2 aromatic rings. The number of amides is 2. The minimum atomic E-state index is -1.64. The van der Waals surface area contributed by atoms with Gasteiger partial charge in [0.15, 0.2) is 30.5 Å². The third kappa shape index (κ3) is 6.06. The lowest BCUT2D eigenvalue weighted by molar-refractivity contribution is -0.883. The zero-order chi connectivity index (χ0) is 22.3. The van der Waals surface area contributed by atoms with E-state index in [-0.39, 0.29) is 19.0 Å². The van der Waals surface area contributed by atoms with Gasteiger partial charge in [0.2, 0.25) is 0 Å². The molecule has 0 spiro atoms. The van der Waals surface area contributed by atoms with Gasteiger partial charge in [-0.1, -0.05) is 32.0 Å². The van der Waals surface area contributed by atoms with E-state index in [0.717, 1.165) is 41.8 Å². The predicted octanol–water partition coefficient (Wildman–Crippen LogP) is 2.85. The number of aryl methyl sites for hydroxylation is 2. The summed E-state index contributed by atoms with van der Waals surface area (Å²) in [6.07, 6.45) is 1.49. The largest absolute Gasteiger partial charge is 0.321 e. The van der Waals surface area contributed by atoms with Gasteiger partial charge in [-0.3, -0.25) is 9.59 Å². The number of para-hydroxylation sites is 1. The molecule has 0 aliphatic carbocycles. The van der Waals surface area contributed by atoms with Crippen LogP contribution in [0.5, 0.6) is 0 Å². The molecule has 2 rings (SSSR count). The lowest BCUT2D eigenvalue weighted by Gasteiger charge is -2.19. The van der Waals surface area contributed by atoms with Gasteiger partial charge in [0, 0.05) is 5.69 Å². The van der Waals surface area contributed by atoms with Crippen molar-refractivity contribution >= 4 is 23.2 Å². The molecule has 162 valence electrons. The van der Waals surface area contributed by atoms with Crippen LogP contribution in [0.15, 0.2) is 30.3 Å². The fourth-order valence-electron chi connectivity index (χ4n) is 3.25. The number of carbonyl (C=O) groups excluding carboxylic acids is 2. The van der Waals surface area contributed by atoms with E-state index in [0.29, 0.717) is 11.4 Å². The van der Waals surface area contributed by atoms with Crippen LogP contribution in [-0.4, -0.2) is 31.4 Å². The van der Waals surface area contributed by atoms with E-state index < -0.39 is 29.0 Å². The Hall–Kier alpha value is -2.87. The monoisotopic (exact) mass is 422 g/mol. The Kier molecular flexibility index (Phi) is 8.41. The fourth-order valence-corrected chi connectivity index (χ4v) is 3.25. The van der Waals surface area contributed by atoms with Gasteiger partial charge < -0.3 is 15.5 Å². The first-order chi connectivity index (χ1) is 14.3. The van der Waals surface area contributed by atoms with Crippen molar-refractivity contribution in [2.45, 2.75) is 33.6 Å². The number of halogens is 3. The second-order valence-corrected chi connectivity index (χ2v) is 7.14. The summed E-state index contributed by atoms with van der Waals surface area (Å²) in [7, 11) is 0. The number of benzene rings is 2. The van der Waals surface area contributed by atoms with Crippen molar-refractivity contribution in [2.75, 3.05) is 30.3 Å². The van der Waals surface area contributed by atoms with Gasteiger partial charge in [-0.05, 0) is 43.0 Å². The third-order valence-corrected chi connectivity index (χ3v) is 4.74. The Bertz CT molecular complexity index is 919. The zero-order valence-corrected chi connectivity index (χ0v) is 17.4. The first-order valence-electron chi connectivity index (χ1n) is 9.92. The van der Waals surface area contributed by atoms with Crippen LogP contribution in [0.3, 0.4) is 0 Å². The van der Waals surface area contributed by atoms with Crippen LogP contribution in [0.25, 0.3) is 0 Å². The van der Waals surface area contributed by atoms with E-state index in [4.69, 9.17) is 0 Å². The van der Waals surface area contributed by atoms with Crippen LogP contribution in [0.1, 0.15) is 31.4 Å². The molecule has 1 atom stereocenters. The normalized spacial score (nSPS) is 11.8. The summed E-state index contributed by atoms with van der Waals surface area (Å²) in [6, 6.07) is 7.49. The molecule has 0 bridgehead atoms. The smallest absolute Gasteiger partial charge is 0.279 e. The van der Waals surface area contributed by atoms with E-state index in [9.17, 15) is 22.8 Å². The number of hydrogen-bond donors (Lipinski definition) is 3. The summed E-state index contributed by atoms with van der Waals surface area (Å²) in [5.41, 5.74) is 2.30. The highest BCUT2D eigenvalue weighted by molar-refractivity contribution is 5.94. The molecule has 30 heavy (non-hydrogen) atoms. The summed E-state index contributed by atoms with van der Waals surface area (Å²) in [5, 5.41) is 5.17. The zero-order valence-electron chi connectivity index (χ0n) is 17.4. The van der Waals surface area contributed by atoms with E-state index in [1.807, 2.05) is 39.0 Å². The maximum Gasteiger partial charge on any atom is 0.279 e. The maximum atomic E-state index is 13.8. The molecule has 2 aromatic carbocycles. The topological polar surface area (TPSA) is 62.6 Å². The van der Waals surface area contributed by atoms with Crippen molar-refractivity contribution in [1.82, 2.24) is 0 Å². The van der Waals surface area contributed by atoms with Crippen molar-refractivity contribution in [3.63, 3.8) is 0 Å². The van der Waals surface area contributed by atoms with Crippen molar-refractivity contribution < 1.29 is 27.7 Å². The molecule has 0 aliphatic rings. The summed E-state index contributed by atoms with van der Waals surface area (Å²) >= 11 is 0. The molecule has 0 aliphatic heterocycles. The summed E-state index contributed by atoms with van der Waals surface area (Å²) in [6.45, 7) is 6.29. The van der Waals surface area contributed by atoms with Gasteiger partial charge in [-0.25, -0.2) is 13.2 Å². The Morgan fingerprint density at radius 2 is 1.60 bits per heavy atom. The SMILES string of the molecule is CCC[NH+](CC(=O)Nc1ccc(F)c(F)c1F)CC(=O)Nc1c(C)cccc1CC. The molecular formula is C22H27F3N3O2+. The molecular weight excluding hydrogens is 395 g/mol. The lowest BCUT2D eigenvalue weighted by Crippen LogP contribution is -3.14. The average molecular weight is 422 g/mol. The number of carbonyl (C=O) groups is 2. The van der Waals surface area contributed by atoms with E-state index >= 15 is 0 Å². The molecule has 0 aromatic heterocycles. The first kappa shape index (κ1) is 23.4. The Morgan fingerprint density at radius 3 is 2.23 bits per heavy atom. The van der Waals surface area contributed by atoms with Crippen LogP contribution in [-0.2, 0) is 16.0 Å². The van der Waals surface area contributed by atoms with Crippen molar-refractivity contribution in [3.8, 4) is 0 Å². The Labute approximate surface area is 174 Å². The summed E-state index contributed by atoms with van der Waals surface area (Å²) in [4.78, 5) is 25.5. The molecule has 0 saturated heterocycles. The number of nitrogens with one attached hydrogen (secondary N) is 3. The van der Waals surface area contributed by atoms with Crippen LogP contribution in [0.4, 0.5) is 24.5 Å². The molecule has 0 saturated carbocycles. The summed E-state index contributed by atoms with van der Waals surface area (Å²) < 4.78 is 40.1. The maximum absolute atomic E-state index is 13.8. The molecule has 5 nitrogen and oxygen atoms in total. The molecule has 2 amide bonds. The second-order valence-electron chi connectivity index (χ2n) is 7.14. The van der Waals surface area contributed by atoms with Crippen LogP contribution in [0, 0.1) is 24.4 Å². The molecule has 8 heteroatoms. The Morgan fingerprint density at radius 1 is 0.933 bits per heavy atom. The van der Waals surface area contributed by atoms with Gasteiger partial charge in [-0.15, -0.1) is 0 Å². The number of anilines is 2. The van der Waals surface area contributed by atoms with Gasteiger partial charge in [0.25, 0.3) is 11.8 Å². The third-order valence-electron chi connectivity index (χ3n) is 4.74. The lowest BCUT2D eigenvalue weighted by atomic mass is 10.1. The Balaban J connectivity index is 2.03. The second kappa shape index (κ2) is 10.8. The highest BCUT2D eigenvalue weighted by atomic mass is 19.2. The highest BCUT2D eigenvalue weighted by Crippen LogP contribution is 2.21. The molecule has 3 N–H and O–H groups in total. The van der Waals surface area contributed by atoms with Crippen LogP contribution < -0.4 is 15.5 Å². The highest BCUT2D eigenvalue weighted by Gasteiger charge is 2.21. The number of quaternary nitrogens is 1. The molecule has 0 fully saturated rings. The fraction of sp³-hybridized carbons (Fsp3) is 0.364. The minimum absolute atomic E-state index is 0.0407. The van der Waals surface area contributed by atoms with Crippen molar-refractivity contribution in [2.24, 2.45) is 0 Å². The van der Waals surface area contributed by atoms with E-state index in [2.05, 4.69) is 10.6 Å². The van der Waals surface area contributed by atoms with Crippen LogP contribution in [0.2, 0.25) is 0 Å². The number of hydrogen-bond acceptors (Lipinski definition) is 2. The standard InChI is InChI=1S/C22H26F3N3O2/c1-4-11-28(12-18(29)26-17-10-9-16(23)20(24)21(17)25)13-19(30)27-22-14(3)7-6-8-15(22)5-2/h6-10H,4-5,11-13H2,1-3H3,(H,26,29)(H,27,30)/p+1. The van der Waals surface area contributed by atoms with Crippen molar-refractivity contribution in [1.29, 1.82) is 0 Å².